The molecule has 0 bridgehead atoms. The molecule has 0 aliphatic rings. The van der Waals surface area contributed by atoms with Crippen molar-refractivity contribution in [2.45, 2.75) is 25.2 Å². The second kappa shape index (κ2) is 6.68. The maximum Gasteiger partial charge on any atom is 0.335 e. The lowest BCUT2D eigenvalue weighted by atomic mass is 10.1. The number of aryl methyl sites for hydroxylation is 1. The van der Waals surface area contributed by atoms with Crippen molar-refractivity contribution in [1.82, 2.24) is 4.31 Å². The fourth-order valence-electron chi connectivity index (χ4n) is 1.90. The van der Waals surface area contributed by atoms with Gasteiger partial charge in [0.15, 0.2) is 0 Å². The van der Waals surface area contributed by atoms with Crippen molar-refractivity contribution in [3.8, 4) is 0 Å². The summed E-state index contributed by atoms with van der Waals surface area (Å²) in [6, 6.07) is 3.93. The maximum absolute atomic E-state index is 12.6. The molecule has 0 atom stereocenters. The minimum atomic E-state index is -3.98. The van der Waals surface area contributed by atoms with Gasteiger partial charge in [0, 0.05) is 6.54 Å². The summed E-state index contributed by atoms with van der Waals surface area (Å²) in [7, 11) is -3.98. The number of hydrogen-bond donors (Lipinski definition) is 2. The van der Waals surface area contributed by atoms with Crippen LogP contribution in [0.3, 0.4) is 0 Å². The molecule has 116 valence electrons. The van der Waals surface area contributed by atoms with E-state index in [4.69, 9.17) is 10.8 Å². The highest BCUT2D eigenvalue weighted by atomic mass is 32.2. The highest BCUT2D eigenvalue weighted by Crippen LogP contribution is 2.22. The van der Waals surface area contributed by atoms with E-state index in [1.165, 1.54) is 12.1 Å². The zero-order chi connectivity index (χ0) is 16.2. The van der Waals surface area contributed by atoms with Crippen molar-refractivity contribution in [2.75, 3.05) is 13.1 Å². The second-order valence-electron chi connectivity index (χ2n) is 4.38. The van der Waals surface area contributed by atoms with Crippen LogP contribution < -0.4 is 5.73 Å². The smallest absolute Gasteiger partial charge is 0.335 e. The van der Waals surface area contributed by atoms with Crippen LogP contribution in [0.4, 0.5) is 0 Å². The summed E-state index contributed by atoms with van der Waals surface area (Å²) in [6.07, 6.45) is 0.419. The van der Waals surface area contributed by atoms with Crippen molar-refractivity contribution in [3.05, 3.63) is 29.3 Å². The molecule has 0 saturated heterocycles. The molecule has 0 aliphatic carbocycles. The van der Waals surface area contributed by atoms with Gasteiger partial charge in [-0.3, -0.25) is 4.79 Å². The third kappa shape index (κ3) is 3.79. The highest BCUT2D eigenvalue weighted by molar-refractivity contribution is 7.89. The number of nitrogens with zero attached hydrogens (tertiary/aromatic N) is 1. The Labute approximate surface area is 123 Å². The normalized spacial score (nSPS) is 11.6. The Balaban J connectivity index is 3.43. The molecule has 1 amide bonds. The van der Waals surface area contributed by atoms with Crippen LogP contribution in [0.15, 0.2) is 23.1 Å². The van der Waals surface area contributed by atoms with Gasteiger partial charge in [0.05, 0.1) is 17.0 Å². The summed E-state index contributed by atoms with van der Waals surface area (Å²) in [5.41, 5.74) is 5.42. The minimum absolute atomic E-state index is 0.0612. The Morgan fingerprint density at radius 1 is 1.29 bits per heavy atom. The summed E-state index contributed by atoms with van der Waals surface area (Å²) in [5, 5.41) is 9.00. The molecular weight excluding hydrogens is 296 g/mol. The molecule has 0 saturated carbocycles. The number of nitrogens with two attached hydrogens (primary N) is 1. The molecule has 1 aromatic carbocycles. The average molecular weight is 314 g/mol. The zero-order valence-corrected chi connectivity index (χ0v) is 12.7. The summed E-state index contributed by atoms with van der Waals surface area (Å²) < 4.78 is 26.1. The number of likely N-dealkylation sites (N-methyl/N-ethyl adjacent to an activating group) is 1. The lowest BCUT2D eigenvalue weighted by molar-refractivity contribution is -0.118. The van der Waals surface area contributed by atoms with Crippen LogP contribution in [0.2, 0.25) is 0 Å². The molecule has 0 radical (unpaired) electrons. The van der Waals surface area contributed by atoms with Crippen LogP contribution in [0.1, 0.15) is 29.8 Å². The van der Waals surface area contributed by atoms with Crippen molar-refractivity contribution in [3.63, 3.8) is 0 Å². The van der Waals surface area contributed by atoms with Crippen LogP contribution >= 0.6 is 0 Å². The fourth-order valence-corrected chi connectivity index (χ4v) is 3.63. The quantitative estimate of drug-likeness (QED) is 0.757. The Kier molecular flexibility index (Phi) is 5.45. The van der Waals surface area contributed by atoms with Crippen LogP contribution in [-0.4, -0.2) is 42.8 Å². The standard InChI is InChI=1S/C13H18N2O5S/c1-3-9-5-6-10(13(17)18)7-11(9)21(19,20)15(4-2)8-12(14)16/h5-7H,3-4,8H2,1-2H3,(H2,14,16)(H,17,18). The van der Waals surface area contributed by atoms with E-state index in [1.807, 2.05) is 0 Å². The number of carboxylic acid groups (broad SMARTS) is 1. The van der Waals surface area contributed by atoms with Crippen LogP contribution in [0.25, 0.3) is 0 Å². The van der Waals surface area contributed by atoms with Crippen molar-refractivity contribution in [1.29, 1.82) is 0 Å². The number of primary amides is 1. The number of carbonyl (C=O) groups excluding carboxylic acids is 1. The van der Waals surface area contributed by atoms with Gasteiger partial charge >= 0.3 is 5.97 Å². The summed E-state index contributed by atoms with van der Waals surface area (Å²) >= 11 is 0. The fraction of sp³-hybridized carbons (Fsp3) is 0.385. The molecule has 0 spiro atoms. The van der Waals surface area contributed by atoms with E-state index in [0.29, 0.717) is 12.0 Å². The van der Waals surface area contributed by atoms with Gasteiger partial charge in [-0.15, -0.1) is 0 Å². The molecular formula is C13H18N2O5S. The number of carboxylic acids is 1. The largest absolute Gasteiger partial charge is 0.478 e. The first kappa shape index (κ1) is 17.1. The van der Waals surface area contributed by atoms with Crippen molar-refractivity contribution >= 4 is 21.9 Å². The van der Waals surface area contributed by atoms with E-state index >= 15 is 0 Å². The molecule has 7 nitrogen and oxygen atoms in total. The Bertz CT molecular complexity index is 655. The van der Waals surface area contributed by atoms with Crippen LogP contribution in [-0.2, 0) is 21.2 Å². The molecule has 1 aromatic rings. The monoisotopic (exact) mass is 314 g/mol. The van der Waals surface area contributed by atoms with Crippen molar-refractivity contribution in [2.24, 2.45) is 5.73 Å². The number of sulfonamides is 1. The van der Waals surface area contributed by atoms with Gasteiger partial charge in [0.2, 0.25) is 15.9 Å². The number of aromatic carboxylic acids is 1. The molecule has 0 aliphatic heterocycles. The number of hydrogen-bond acceptors (Lipinski definition) is 4. The third-order valence-electron chi connectivity index (χ3n) is 3.00. The molecule has 0 unspecified atom stereocenters. The zero-order valence-electron chi connectivity index (χ0n) is 11.9. The first-order valence-electron chi connectivity index (χ1n) is 6.38. The van der Waals surface area contributed by atoms with Gasteiger partial charge in [0.1, 0.15) is 0 Å². The highest BCUT2D eigenvalue weighted by Gasteiger charge is 2.27. The number of rotatable bonds is 7. The van der Waals surface area contributed by atoms with Crippen LogP contribution in [0.5, 0.6) is 0 Å². The molecule has 21 heavy (non-hydrogen) atoms. The van der Waals surface area contributed by atoms with E-state index < -0.39 is 28.4 Å². The van der Waals surface area contributed by atoms with E-state index in [1.54, 1.807) is 13.8 Å². The molecule has 8 heteroatoms. The second-order valence-corrected chi connectivity index (χ2v) is 6.29. The molecule has 0 heterocycles. The maximum atomic E-state index is 12.6. The van der Waals surface area contributed by atoms with Gasteiger partial charge in [-0.05, 0) is 24.1 Å². The summed E-state index contributed by atoms with van der Waals surface area (Å²) in [6.45, 7) is 2.96. The Morgan fingerprint density at radius 2 is 1.90 bits per heavy atom. The molecule has 1 rings (SSSR count). The number of carbonyl (C=O) groups is 2. The number of amides is 1. The van der Waals surface area contributed by atoms with Gasteiger partial charge in [-0.25, -0.2) is 13.2 Å². The number of benzene rings is 1. The lowest BCUT2D eigenvalue weighted by Gasteiger charge is -2.20. The first-order chi connectivity index (χ1) is 9.73. The Hall–Kier alpha value is -1.93. The SMILES string of the molecule is CCc1ccc(C(=O)O)cc1S(=O)(=O)N(CC)CC(N)=O. The topological polar surface area (TPSA) is 118 Å². The molecule has 0 aromatic heterocycles. The average Bonchev–Trinajstić information content (AvgIpc) is 2.43. The summed E-state index contributed by atoms with van der Waals surface area (Å²) in [5.74, 6) is -1.99. The van der Waals surface area contributed by atoms with Crippen molar-refractivity contribution < 1.29 is 23.1 Å². The van der Waals surface area contributed by atoms with Gasteiger partial charge < -0.3 is 10.8 Å². The predicted molar refractivity (Wildman–Crippen MR) is 76.4 cm³/mol. The van der Waals surface area contributed by atoms with E-state index in [2.05, 4.69) is 0 Å². The molecule has 0 fully saturated rings. The first-order valence-corrected chi connectivity index (χ1v) is 7.82. The van der Waals surface area contributed by atoms with Gasteiger partial charge in [0.25, 0.3) is 0 Å². The van der Waals surface area contributed by atoms with E-state index in [9.17, 15) is 18.0 Å². The van der Waals surface area contributed by atoms with E-state index in [0.717, 1.165) is 10.4 Å². The summed E-state index contributed by atoms with van der Waals surface area (Å²) in [4.78, 5) is 21.9. The Morgan fingerprint density at radius 3 is 2.33 bits per heavy atom. The van der Waals surface area contributed by atoms with Gasteiger partial charge in [-0.1, -0.05) is 19.9 Å². The minimum Gasteiger partial charge on any atom is -0.478 e. The predicted octanol–water partition coefficient (Wildman–Crippen LogP) is 0.443. The van der Waals surface area contributed by atoms with Crippen LogP contribution in [0, 0.1) is 0 Å². The lowest BCUT2D eigenvalue weighted by Crippen LogP contribution is -2.38. The third-order valence-corrected chi connectivity index (χ3v) is 5.00. The van der Waals surface area contributed by atoms with E-state index in [-0.39, 0.29) is 17.0 Å². The van der Waals surface area contributed by atoms with Gasteiger partial charge in [-0.2, -0.15) is 4.31 Å². The molecule has 3 N–H and O–H groups in total.